The molecule has 0 saturated heterocycles. The summed E-state index contributed by atoms with van der Waals surface area (Å²) in [6, 6.07) is 7.65. The molecule has 1 aliphatic rings. The van der Waals surface area contributed by atoms with Crippen LogP contribution in [0.4, 0.5) is 0 Å². The van der Waals surface area contributed by atoms with E-state index < -0.39 is 6.10 Å². The van der Waals surface area contributed by atoms with Crippen LogP contribution in [-0.4, -0.2) is 18.6 Å². The summed E-state index contributed by atoms with van der Waals surface area (Å²) in [4.78, 5) is 11.7. The van der Waals surface area contributed by atoms with Crippen molar-refractivity contribution >= 4 is 17.5 Å². The summed E-state index contributed by atoms with van der Waals surface area (Å²) in [6.45, 7) is 3.78. The molecule has 1 aromatic carbocycles. The number of para-hydroxylation sites is 1. The van der Waals surface area contributed by atoms with Gasteiger partial charge in [-0.2, -0.15) is 0 Å². The number of rotatable bonds is 3. The number of hydrogen-bond acceptors (Lipinski definition) is 2. The molecule has 0 radical (unpaired) electrons. The standard InChI is InChI=1S/C12H12ClNO2/c1-8(13)7-14-12(15)11-6-9-4-2-3-5-10(9)16-11/h2-5,11H,1,6-7H2,(H,14,15). The van der Waals surface area contributed by atoms with Crippen molar-refractivity contribution in [2.75, 3.05) is 6.54 Å². The summed E-state index contributed by atoms with van der Waals surface area (Å²) in [7, 11) is 0. The molecule has 84 valence electrons. The van der Waals surface area contributed by atoms with Crippen LogP contribution in [0.1, 0.15) is 5.56 Å². The van der Waals surface area contributed by atoms with Gasteiger partial charge in [-0.25, -0.2) is 0 Å². The zero-order valence-electron chi connectivity index (χ0n) is 8.70. The molecule has 0 saturated carbocycles. The number of ether oxygens (including phenoxy) is 1. The molecule has 3 nitrogen and oxygen atoms in total. The van der Waals surface area contributed by atoms with Crippen molar-refractivity contribution in [1.82, 2.24) is 5.32 Å². The lowest BCUT2D eigenvalue weighted by molar-refractivity contribution is -0.127. The Hall–Kier alpha value is -1.48. The van der Waals surface area contributed by atoms with Gasteiger partial charge in [-0.1, -0.05) is 36.4 Å². The van der Waals surface area contributed by atoms with Crippen LogP contribution in [0.25, 0.3) is 0 Å². The third kappa shape index (κ3) is 2.36. The molecule has 1 unspecified atom stereocenters. The molecular formula is C12H12ClNO2. The predicted octanol–water partition coefficient (Wildman–Crippen LogP) is 1.86. The first-order chi connectivity index (χ1) is 7.66. The van der Waals surface area contributed by atoms with E-state index in [0.717, 1.165) is 11.3 Å². The maximum Gasteiger partial charge on any atom is 0.261 e. The predicted molar refractivity (Wildman–Crippen MR) is 62.6 cm³/mol. The second kappa shape index (κ2) is 4.58. The number of amides is 1. The number of benzene rings is 1. The Labute approximate surface area is 99.1 Å². The van der Waals surface area contributed by atoms with Crippen LogP contribution < -0.4 is 10.1 Å². The summed E-state index contributed by atoms with van der Waals surface area (Å²) < 4.78 is 5.52. The minimum absolute atomic E-state index is 0.155. The molecule has 1 amide bonds. The van der Waals surface area contributed by atoms with E-state index in [9.17, 15) is 4.79 Å². The van der Waals surface area contributed by atoms with Crippen molar-refractivity contribution in [3.63, 3.8) is 0 Å². The lowest BCUT2D eigenvalue weighted by Crippen LogP contribution is -2.37. The lowest BCUT2D eigenvalue weighted by Gasteiger charge is -2.10. The number of hydrogen-bond donors (Lipinski definition) is 1. The summed E-state index contributed by atoms with van der Waals surface area (Å²) >= 11 is 5.57. The molecule has 1 atom stereocenters. The van der Waals surface area contributed by atoms with E-state index in [0.29, 0.717) is 11.5 Å². The van der Waals surface area contributed by atoms with Crippen molar-refractivity contribution in [2.45, 2.75) is 12.5 Å². The summed E-state index contributed by atoms with van der Waals surface area (Å²) in [5.74, 6) is 0.630. The van der Waals surface area contributed by atoms with Crippen LogP contribution in [0.15, 0.2) is 35.9 Å². The Bertz CT molecular complexity index is 406. The van der Waals surface area contributed by atoms with Crippen LogP contribution >= 0.6 is 11.6 Å². The Balaban J connectivity index is 1.96. The number of carbonyl (C=O) groups is 1. The maximum absolute atomic E-state index is 11.7. The molecule has 1 heterocycles. The molecule has 1 aliphatic heterocycles. The largest absolute Gasteiger partial charge is 0.480 e. The molecule has 16 heavy (non-hydrogen) atoms. The highest BCUT2D eigenvalue weighted by Gasteiger charge is 2.28. The van der Waals surface area contributed by atoms with E-state index in [4.69, 9.17) is 16.3 Å². The SMILES string of the molecule is C=C(Cl)CNC(=O)C1Cc2ccccc2O1. The van der Waals surface area contributed by atoms with Gasteiger partial charge in [0, 0.05) is 11.5 Å². The Kier molecular flexibility index (Phi) is 3.15. The summed E-state index contributed by atoms with van der Waals surface area (Å²) in [5.41, 5.74) is 1.06. The van der Waals surface area contributed by atoms with Crippen molar-refractivity contribution in [1.29, 1.82) is 0 Å². The van der Waals surface area contributed by atoms with Gasteiger partial charge in [-0.3, -0.25) is 4.79 Å². The lowest BCUT2D eigenvalue weighted by atomic mass is 10.1. The Morgan fingerprint density at radius 1 is 1.56 bits per heavy atom. The van der Waals surface area contributed by atoms with Crippen LogP contribution in [0.5, 0.6) is 5.75 Å². The van der Waals surface area contributed by atoms with Gasteiger partial charge in [0.2, 0.25) is 0 Å². The normalized spacial score (nSPS) is 17.4. The topological polar surface area (TPSA) is 38.3 Å². The second-order valence-electron chi connectivity index (χ2n) is 3.65. The van der Waals surface area contributed by atoms with Gasteiger partial charge >= 0.3 is 0 Å². The fraction of sp³-hybridized carbons (Fsp3) is 0.250. The first kappa shape index (κ1) is 11.0. The van der Waals surface area contributed by atoms with E-state index in [1.165, 1.54) is 0 Å². The molecule has 0 bridgehead atoms. The monoisotopic (exact) mass is 237 g/mol. The number of fused-ring (bicyclic) bond motifs is 1. The number of halogens is 1. The van der Waals surface area contributed by atoms with Gasteiger partial charge in [-0.05, 0) is 11.6 Å². The Morgan fingerprint density at radius 3 is 3.00 bits per heavy atom. The maximum atomic E-state index is 11.7. The van der Waals surface area contributed by atoms with Gasteiger partial charge in [0.15, 0.2) is 6.10 Å². The highest BCUT2D eigenvalue weighted by atomic mass is 35.5. The zero-order chi connectivity index (χ0) is 11.5. The van der Waals surface area contributed by atoms with Crippen LogP contribution in [0.3, 0.4) is 0 Å². The van der Waals surface area contributed by atoms with Crippen molar-refractivity contribution in [3.05, 3.63) is 41.4 Å². The molecule has 1 aromatic rings. The third-order valence-corrected chi connectivity index (χ3v) is 2.53. The molecule has 0 spiro atoms. The minimum atomic E-state index is -0.451. The average Bonchev–Trinajstić information content (AvgIpc) is 2.69. The fourth-order valence-electron chi connectivity index (χ4n) is 1.63. The van der Waals surface area contributed by atoms with Crippen molar-refractivity contribution in [3.8, 4) is 5.75 Å². The van der Waals surface area contributed by atoms with E-state index >= 15 is 0 Å². The van der Waals surface area contributed by atoms with Crippen LogP contribution in [-0.2, 0) is 11.2 Å². The molecule has 1 N–H and O–H groups in total. The quantitative estimate of drug-likeness (QED) is 0.872. The Morgan fingerprint density at radius 2 is 2.31 bits per heavy atom. The number of carbonyl (C=O) groups excluding carboxylic acids is 1. The first-order valence-corrected chi connectivity index (χ1v) is 5.40. The van der Waals surface area contributed by atoms with Gasteiger partial charge in [0.25, 0.3) is 5.91 Å². The van der Waals surface area contributed by atoms with Crippen LogP contribution in [0, 0.1) is 0 Å². The van der Waals surface area contributed by atoms with E-state index in [1.807, 2.05) is 24.3 Å². The van der Waals surface area contributed by atoms with Crippen LogP contribution in [0.2, 0.25) is 0 Å². The smallest absolute Gasteiger partial charge is 0.261 e. The van der Waals surface area contributed by atoms with Crippen molar-refractivity contribution < 1.29 is 9.53 Å². The highest BCUT2D eigenvalue weighted by molar-refractivity contribution is 6.29. The van der Waals surface area contributed by atoms with Gasteiger partial charge < -0.3 is 10.1 Å². The molecule has 0 aromatic heterocycles. The molecule has 2 rings (SSSR count). The minimum Gasteiger partial charge on any atom is -0.480 e. The van der Waals surface area contributed by atoms with Crippen molar-refractivity contribution in [2.24, 2.45) is 0 Å². The highest BCUT2D eigenvalue weighted by Crippen LogP contribution is 2.28. The first-order valence-electron chi connectivity index (χ1n) is 5.02. The molecule has 0 fully saturated rings. The summed E-state index contributed by atoms with van der Waals surface area (Å²) in [6.07, 6.45) is 0.157. The van der Waals surface area contributed by atoms with E-state index in [1.54, 1.807) is 0 Å². The van der Waals surface area contributed by atoms with Gasteiger partial charge in [0.1, 0.15) is 5.75 Å². The fourth-order valence-corrected chi connectivity index (χ4v) is 1.69. The van der Waals surface area contributed by atoms with E-state index in [2.05, 4.69) is 11.9 Å². The average molecular weight is 238 g/mol. The number of nitrogens with one attached hydrogen (secondary N) is 1. The molecule has 4 heteroatoms. The van der Waals surface area contributed by atoms with E-state index in [-0.39, 0.29) is 12.5 Å². The molecule has 0 aliphatic carbocycles. The second-order valence-corrected chi connectivity index (χ2v) is 4.19. The van der Waals surface area contributed by atoms with Gasteiger partial charge in [-0.15, -0.1) is 0 Å². The van der Waals surface area contributed by atoms with Gasteiger partial charge in [0.05, 0.1) is 6.54 Å². The zero-order valence-corrected chi connectivity index (χ0v) is 9.46. The molecular weight excluding hydrogens is 226 g/mol. The summed E-state index contributed by atoms with van der Waals surface area (Å²) in [5, 5.41) is 3.07. The third-order valence-electron chi connectivity index (χ3n) is 2.39.